The Balaban J connectivity index is 2.16. The Morgan fingerprint density at radius 2 is 1.95 bits per heavy atom. The Morgan fingerprint density at radius 1 is 1.24 bits per heavy atom. The summed E-state index contributed by atoms with van der Waals surface area (Å²) in [4.78, 5) is 11.1. The van der Waals surface area contributed by atoms with Gasteiger partial charge in [0.15, 0.2) is 0 Å². The second kappa shape index (κ2) is 5.18. The summed E-state index contributed by atoms with van der Waals surface area (Å²) in [5.74, 6) is -0.752. The third-order valence-electron chi connectivity index (χ3n) is 3.16. The first-order valence-electron chi connectivity index (χ1n) is 6.25. The van der Waals surface area contributed by atoms with E-state index in [1.54, 1.807) is 35.1 Å². The fourth-order valence-electron chi connectivity index (χ4n) is 2.18. The summed E-state index contributed by atoms with van der Waals surface area (Å²) in [5.41, 5.74) is 7.27. The van der Waals surface area contributed by atoms with E-state index in [1.165, 1.54) is 12.1 Å². The van der Waals surface area contributed by atoms with Crippen LogP contribution in [0, 0.1) is 5.82 Å². The Bertz CT molecular complexity index is 827. The van der Waals surface area contributed by atoms with Crippen molar-refractivity contribution in [3.63, 3.8) is 0 Å². The van der Waals surface area contributed by atoms with E-state index in [0.717, 1.165) is 5.39 Å². The van der Waals surface area contributed by atoms with Gasteiger partial charge in [-0.2, -0.15) is 5.10 Å². The summed E-state index contributed by atoms with van der Waals surface area (Å²) in [6.07, 6.45) is 1.84. The number of nitrogens with two attached hydrogens (primary N) is 1. The van der Waals surface area contributed by atoms with Gasteiger partial charge in [-0.1, -0.05) is 17.7 Å². The predicted molar refractivity (Wildman–Crippen MR) is 78.9 cm³/mol. The largest absolute Gasteiger partial charge is 0.369 e. The lowest BCUT2D eigenvalue weighted by Gasteiger charge is -2.00. The highest BCUT2D eigenvalue weighted by Gasteiger charge is 2.12. The van der Waals surface area contributed by atoms with E-state index in [9.17, 15) is 9.18 Å². The third-order valence-corrected chi connectivity index (χ3v) is 3.49. The Morgan fingerprint density at radius 3 is 2.62 bits per heavy atom. The first-order chi connectivity index (χ1) is 10.0. The van der Waals surface area contributed by atoms with E-state index in [4.69, 9.17) is 17.3 Å². The second-order valence-corrected chi connectivity index (χ2v) is 5.07. The van der Waals surface area contributed by atoms with Crippen LogP contribution in [-0.4, -0.2) is 15.7 Å². The highest BCUT2D eigenvalue weighted by molar-refractivity contribution is 6.35. The van der Waals surface area contributed by atoms with Gasteiger partial charge in [-0.3, -0.25) is 4.79 Å². The molecule has 0 bridgehead atoms. The van der Waals surface area contributed by atoms with Crippen molar-refractivity contribution in [3.05, 3.63) is 59.0 Å². The van der Waals surface area contributed by atoms with E-state index >= 15 is 0 Å². The van der Waals surface area contributed by atoms with Crippen molar-refractivity contribution in [2.45, 2.75) is 6.42 Å². The van der Waals surface area contributed by atoms with Gasteiger partial charge in [0.1, 0.15) is 5.82 Å². The topological polar surface area (TPSA) is 60.9 Å². The zero-order valence-electron chi connectivity index (χ0n) is 10.9. The molecule has 0 aliphatic heterocycles. The zero-order chi connectivity index (χ0) is 15.0. The number of halogens is 2. The quantitative estimate of drug-likeness (QED) is 0.809. The monoisotopic (exact) mass is 303 g/mol. The SMILES string of the molecule is NC(=O)Cc1ccc(Cl)c2cn(-c3ccc(F)cc3)nc12. The van der Waals surface area contributed by atoms with Crippen LogP contribution >= 0.6 is 11.6 Å². The molecule has 0 aliphatic carbocycles. The van der Waals surface area contributed by atoms with E-state index in [2.05, 4.69) is 5.10 Å². The highest BCUT2D eigenvalue weighted by Crippen LogP contribution is 2.27. The maximum absolute atomic E-state index is 13.0. The molecule has 3 rings (SSSR count). The molecule has 1 heterocycles. The van der Waals surface area contributed by atoms with E-state index in [0.29, 0.717) is 21.8 Å². The Hall–Kier alpha value is -2.40. The minimum atomic E-state index is -0.435. The molecule has 6 heteroatoms. The van der Waals surface area contributed by atoms with Gasteiger partial charge in [0.2, 0.25) is 5.91 Å². The smallest absolute Gasteiger partial charge is 0.221 e. The maximum Gasteiger partial charge on any atom is 0.221 e. The van der Waals surface area contributed by atoms with Gasteiger partial charge in [-0.15, -0.1) is 0 Å². The van der Waals surface area contributed by atoms with Crippen molar-refractivity contribution in [1.82, 2.24) is 9.78 Å². The van der Waals surface area contributed by atoms with Gasteiger partial charge in [-0.05, 0) is 35.9 Å². The lowest BCUT2D eigenvalue weighted by molar-refractivity contribution is -0.117. The van der Waals surface area contributed by atoms with Crippen molar-refractivity contribution in [3.8, 4) is 5.69 Å². The number of hydrogen-bond acceptors (Lipinski definition) is 2. The molecular weight excluding hydrogens is 293 g/mol. The summed E-state index contributed by atoms with van der Waals surface area (Å²) >= 11 is 6.16. The molecule has 0 radical (unpaired) electrons. The Kier molecular flexibility index (Phi) is 3.35. The number of hydrogen-bond donors (Lipinski definition) is 1. The normalized spacial score (nSPS) is 11.0. The molecule has 106 valence electrons. The molecule has 0 aliphatic rings. The summed E-state index contributed by atoms with van der Waals surface area (Å²) in [5, 5.41) is 5.68. The van der Waals surface area contributed by atoms with Gasteiger partial charge >= 0.3 is 0 Å². The molecule has 2 N–H and O–H groups in total. The van der Waals surface area contributed by atoms with Crippen LogP contribution in [0.5, 0.6) is 0 Å². The first-order valence-corrected chi connectivity index (χ1v) is 6.63. The molecule has 3 aromatic rings. The number of primary amides is 1. The van der Waals surface area contributed by atoms with Crippen molar-refractivity contribution >= 4 is 28.4 Å². The van der Waals surface area contributed by atoms with Crippen LogP contribution in [0.3, 0.4) is 0 Å². The second-order valence-electron chi connectivity index (χ2n) is 4.66. The molecule has 0 spiro atoms. The van der Waals surface area contributed by atoms with E-state index < -0.39 is 5.91 Å². The fraction of sp³-hybridized carbons (Fsp3) is 0.0667. The van der Waals surface area contributed by atoms with E-state index in [1.807, 2.05) is 0 Å². The average molecular weight is 304 g/mol. The number of nitrogens with zero attached hydrogens (tertiary/aromatic N) is 2. The number of fused-ring (bicyclic) bond motifs is 1. The van der Waals surface area contributed by atoms with Crippen LogP contribution in [0.25, 0.3) is 16.6 Å². The lowest BCUT2D eigenvalue weighted by atomic mass is 10.1. The van der Waals surface area contributed by atoms with Gasteiger partial charge in [0.05, 0.1) is 22.6 Å². The van der Waals surface area contributed by atoms with Crippen LogP contribution in [0.4, 0.5) is 4.39 Å². The molecule has 0 unspecified atom stereocenters. The van der Waals surface area contributed by atoms with E-state index in [-0.39, 0.29) is 12.2 Å². The Labute approximate surface area is 124 Å². The molecule has 0 atom stereocenters. The summed E-state index contributed by atoms with van der Waals surface area (Å²) in [6.45, 7) is 0. The molecule has 1 aromatic heterocycles. The van der Waals surface area contributed by atoms with Gasteiger partial charge in [0.25, 0.3) is 0 Å². The van der Waals surface area contributed by atoms with Gasteiger partial charge < -0.3 is 5.73 Å². The maximum atomic E-state index is 13.0. The van der Waals surface area contributed by atoms with Crippen molar-refractivity contribution in [2.24, 2.45) is 5.73 Å². The molecule has 2 aromatic carbocycles. The molecule has 21 heavy (non-hydrogen) atoms. The average Bonchev–Trinajstić information content (AvgIpc) is 2.88. The first kappa shape index (κ1) is 13.6. The van der Waals surface area contributed by atoms with Gasteiger partial charge in [0, 0.05) is 11.6 Å². The third kappa shape index (κ3) is 2.60. The molecule has 1 amide bonds. The molecule has 0 saturated carbocycles. The number of aromatic nitrogens is 2. The minimum absolute atomic E-state index is 0.0914. The molecule has 0 fully saturated rings. The van der Waals surface area contributed by atoms with Crippen LogP contribution in [-0.2, 0) is 11.2 Å². The predicted octanol–water partition coefficient (Wildman–Crippen LogP) is 2.85. The lowest BCUT2D eigenvalue weighted by Crippen LogP contribution is -2.13. The van der Waals surface area contributed by atoms with Crippen molar-refractivity contribution in [2.75, 3.05) is 0 Å². The number of amides is 1. The highest BCUT2D eigenvalue weighted by atomic mass is 35.5. The summed E-state index contributed by atoms with van der Waals surface area (Å²) < 4.78 is 14.6. The molecule has 4 nitrogen and oxygen atoms in total. The fourth-order valence-corrected chi connectivity index (χ4v) is 2.39. The van der Waals surface area contributed by atoms with Gasteiger partial charge in [-0.25, -0.2) is 9.07 Å². The van der Waals surface area contributed by atoms with Crippen molar-refractivity contribution in [1.29, 1.82) is 0 Å². The van der Waals surface area contributed by atoms with Crippen LogP contribution < -0.4 is 5.73 Å². The van der Waals surface area contributed by atoms with Crippen molar-refractivity contribution < 1.29 is 9.18 Å². The summed E-state index contributed by atoms with van der Waals surface area (Å²) in [7, 11) is 0. The number of carbonyl (C=O) groups is 1. The summed E-state index contributed by atoms with van der Waals surface area (Å²) in [6, 6.07) is 9.38. The molecular formula is C15H11ClFN3O. The molecule has 0 saturated heterocycles. The van der Waals surface area contributed by atoms with Crippen LogP contribution in [0.2, 0.25) is 5.02 Å². The number of rotatable bonds is 3. The van der Waals surface area contributed by atoms with Crippen LogP contribution in [0.1, 0.15) is 5.56 Å². The number of carbonyl (C=O) groups excluding carboxylic acids is 1. The standard InChI is InChI=1S/C15H11ClFN3O/c16-13-6-1-9(7-14(18)21)15-12(13)8-20(19-15)11-4-2-10(17)3-5-11/h1-6,8H,7H2,(H2,18,21). The number of benzene rings is 2. The van der Waals surface area contributed by atoms with Crippen LogP contribution in [0.15, 0.2) is 42.6 Å². The minimum Gasteiger partial charge on any atom is -0.369 e. The zero-order valence-corrected chi connectivity index (χ0v) is 11.6.